The summed E-state index contributed by atoms with van der Waals surface area (Å²) in [5.74, 6) is 0.790. The SMILES string of the molecule is [CH2-]CCC1(CC(C)C)CCOC1.[Y]. The van der Waals surface area contributed by atoms with Crippen LogP contribution in [0, 0.1) is 18.3 Å². The maximum Gasteiger partial charge on any atom is 0.0522 e. The van der Waals surface area contributed by atoms with Crippen LogP contribution >= 0.6 is 0 Å². The molecule has 1 aliphatic rings. The Morgan fingerprint density at radius 1 is 1.46 bits per heavy atom. The van der Waals surface area contributed by atoms with Crippen LogP contribution < -0.4 is 0 Å². The molecule has 2 heteroatoms. The van der Waals surface area contributed by atoms with Gasteiger partial charge in [0.15, 0.2) is 0 Å². The van der Waals surface area contributed by atoms with E-state index >= 15 is 0 Å². The molecule has 1 unspecified atom stereocenters. The standard InChI is InChI=1S/C11H21O.Y/c1-4-5-11(8-10(2)3)6-7-12-9-11;/h10H,1,4-9H2,2-3H3;/q-1;. The molecule has 1 rings (SSSR count). The molecule has 0 N–H and O–H groups in total. The first-order chi connectivity index (χ1) is 5.68. The Hall–Kier alpha value is 1.06. The fourth-order valence-corrected chi connectivity index (χ4v) is 2.35. The minimum Gasteiger partial charge on any atom is -0.381 e. The summed E-state index contributed by atoms with van der Waals surface area (Å²) >= 11 is 0. The minimum absolute atomic E-state index is 0. The zero-order valence-corrected chi connectivity index (χ0v) is 11.9. The first-order valence-electron chi connectivity index (χ1n) is 5.05. The Morgan fingerprint density at radius 2 is 2.15 bits per heavy atom. The molecular formula is C11H21OY-. The molecule has 1 atom stereocenters. The predicted octanol–water partition coefficient (Wildman–Crippen LogP) is 3.05. The third kappa shape index (κ3) is 4.40. The van der Waals surface area contributed by atoms with E-state index in [1.807, 2.05) is 0 Å². The van der Waals surface area contributed by atoms with Gasteiger partial charge in [0.25, 0.3) is 0 Å². The quantitative estimate of drug-likeness (QED) is 0.704. The normalized spacial score (nSPS) is 27.7. The molecule has 0 aromatic carbocycles. The van der Waals surface area contributed by atoms with Gasteiger partial charge in [0, 0.05) is 39.3 Å². The van der Waals surface area contributed by atoms with Gasteiger partial charge in [-0.25, -0.2) is 0 Å². The molecule has 1 nitrogen and oxygen atoms in total. The van der Waals surface area contributed by atoms with E-state index in [9.17, 15) is 0 Å². The van der Waals surface area contributed by atoms with Crippen molar-refractivity contribution in [3.05, 3.63) is 6.92 Å². The second-order valence-electron chi connectivity index (χ2n) is 4.50. The van der Waals surface area contributed by atoms with Crippen LogP contribution in [0.1, 0.15) is 39.5 Å². The molecule has 13 heavy (non-hydrogen) atoms. The molecule has 1 fully saturated rings. The zero-order valence-electron chi connectivity index (χ0n) is 9.01. The van der Waals surface area contributed by atoms with Crippen molar-refractivity contribution < 1.29 is 37.4 Å². The third-order valence-electron chi connectivity index (χ3n) is 2.73. The average molecular weight is 258 g/mol. The summed E-state index contributed by atoms with van der Waals surface area (Å²) in [6.45, 7) is 10.5. The van der Waals surface area contributed by atoms with Gasteiger partial charge in [-0.05, 0) is 24.2 Å². The Bertz CT molecular complexity index is 128. The summed E-state index contributed by atoms with van der Waals surface area (Å²) in [6.07, 6.45) is 4.85. The molecule has 0 amide bonds. The Morgan fingerprint density at radius 3 is 2.54 bits per heavy atom. The first kappa shape index (κ1) is 14.1. The number of hydrogen-bond donors (Lipinski definition) is 0. The van der Waals surface area contributed by atoms with Gasteiger partial charge >= 0.3 is 0 Å². The van der Waals surface area contributed by atoms with Crippen LogP contribution in [0.4, 0.5) is 0 Å². The first-order valence-corrected chi connectivity index (χ1v) is 5.05. The molecule has 1 aliphatic heterocycles. The number of rotatable bonds is 4. The van der Waals surface area contributed by atoms with Crippen LogP contribution in [0.2, 0.25) is 0 Å². The van der Waals surface area contributed by atoms with E-state index in [2.05, 4.69) is 20.8 Å². The predicted molar refractivity (Wildman–Crippen MR) is 51.9 cm³/mol. The second kappa shape index (κ2) is 6.53. The van der Waals surface area contributed by atoms with Gasteiger partial charge < -0.3 is 11.7 Å². The monoisotopic (exact) mass is 258 g/mol. The molecule has 0 bridgehead atoms. The zero-order chi connectivity index (χ0) is 9.03. The number of hydrogen-bond acceptors (Lipinski definition) is 1. The average Bonchev–Trinajstić information content (AvgIpc) is 2.36. The van der Waals surface area contributed by atoms with Gasteiger partial charge in [0.1, 0.15) is 0 Å². The molecule has 75 valence electrons. The molecule has 0 spiro atoms. The van der Waals surface area contributed by atoms with Crippen LogP contribution in [0.5, 0.6) is 0 Å². The van der Waals surface area contributed by atoms with Crippen molar-refractivity contribution >= 4 is 0 Å². The molecule has 1 radical (unpaired) electrons. The maximum atomic E-state index is 5.49. The van der Waals surface area contributed by atoms with Crippen LogP contribution in [0.3, 0.4) is 0 Å². The second-order valence-corrected chi connectivity index (χ2v) is 4.50. The van der Waals surface area contributed by atoms with E-state index in [-0.39, 0.29) is 32.7 Å². The molecule has 1 saturated heterocycles. The molecule has 0 aliphatic carbocycles. The van der Waals surface area contributed by atoms with E-state index in [4.69, 9.17) is 4.74 Å². The third-order valence-corrected chi connectivity index (χ3v) is 2.73. The van der Waals surface area contributed by atoms with Gasteiger partial charge in [0.2, 0.25) is 0 Å². The minimum atomic E-state index is 0. The van der Waals surface area contributed by atoms with Crippen LogP contribution in [0.25, 0.3) is 0 Å². The molecule has 0 aromatic heterocycles. The van der Waals surface area contributed by atoms with Gasteiger partial charge in [-0.1, -0.05) is 20.3 Å². The van der Waals surface area contributed by atoms with Crippen LogP contribution in [-0.4, -0.2) is 13.2 Å². The fraction of sp³-hybridized carbons (Fsp3) is 0.909. The molecule has 1 heterocycles. The van der Waals surface area contributed by atoms with E-state index in [1.54, 1.807) is 0 Å². The van der Waals surface area contributed by atoms with Gasteiger partial charge in [-0.2, -0.15) is 6.42 Å². The van der Waals surface area contributed by atoms with Gasteiger partial charge in [0.05, 0.1) is 6.61 Å². The van der Waals surface area contributed by atoms with Crippen molar-refractivity contribution in [1.82, 2.24) is 0 Å². The largest absolute Gasteiger partial charge is 0.381 e. The van der Waals surface area contributed by atoms with Crippen molar-refractivity contribution in [1.29, 1.82) is 0 Å². The van der Waals surface area contributed by atoms with E-state index in [0.29, 0.717) is 5.41 Å². The summed E-state index contributed by atoms with van der Waals surface area (Å²) in [5, 5.41) is 0. The summed E-state index contributed by atoms with van der Waals surface area (Å²) < 4.78 is 5.49. The summed E-state index contributed by atoms with van der Waals surface area (Å²) in [5.41, 5.74) is 0.482. The van der Waals surface area contributed by atoms with Crippen LogP contribution in [0.15, 0.2) is 0 Å². The molecular weight excluding hydrogens is 237 g/mol. The van der Waals surface area contributed by atoms with E-state index in [1.165, 1.54) is 19.3 Å². The van der Waals surface area contributed by atoms with E-state index in [0.717, 1.165) is 25.6 Å². The van der Waals surface area contributed by atoms with Crippen LogP contribution in [-0.2, 0) is 37.4 Å². The molecule has 0 aromatic rings. The summed E-state index contributed by atoms with van der Waals surface area (Å²) in [4.78, 5) is 0. The summed E-state index contributed by atoms with van der Waals surface area (Å²) in [6, 6.07) is 0. The van der Waals surface area contributed by atoms with Crippen molar-refractivity contribution in [3.8, 4) is 0 Å². The summed E-state index contributed by atoms with van der Waals surface area (Å²) in [7, 11) is 0. The molecule has 0 saturated carbocycles. The Kier molecular flexibility index (Phi) is 7.06. The van der Waals surface area contributed by atoms with Gasteiger partial charge in [-0.15, -0.1) is 0 Å². The Labute approximate surface area is 108 Å². The van der Waals surface area contributed by atoms with Gasteiger partial charge in [-0.3, -0.25) is 0 Å². The topological polar surface area (TPSA) is 9.23 Å². The van der Waals surface area contributed by atoms with Crippen molar-refractivity contribution in [2.24, 2.45) is 11.3 Å². The van der Waals surface area contributed by atoms with Crippen molar-refractivity contribution in [2.45, 2.75) is 39.5 Å². The maximum absolute atomic E-state index is 5.49. The fourth-order valence-electron chi connectivity index (χ4n) is 2.35. The smallest absolute Gasteiger partial charge is 0.0522 e. The Balaban J connectivity index is 0.00000144. The van der Waals surface area contributed by atoms with Crippen molar-refractivity contribution in [3.63, 3.8) is 0 Å². The van der Waals surface area contributed by atoms with E-state index < -0.39 is 0 Å². The van der Waals surface area contributed by atoms with Crippen molar-refractivity contribution in [2.75, 3.05) is 13.2 Å². The number of ether oxygens (including phenoxy) is 1.